The Hall–Kier alpha value is -2.16. The highest BCUT2D eigenvalue weighted by molar-refractivity contribution is 9.10. The lowest BCUT2D eigenvalue weighted by atomic mass is 10.1. The van der Waals surface area contributed by atoms with E-state index in [2.05, 4.69) is 15.9 Å². The summed E-state index contributed by atoms with van der Waals surface area (Å²) in [7, 11) is 0. The first kappa shape index (κ1) is 20.6. The van der Waals surface area contributed by atoms with Crippen molar-refractivity contribution in [1.82, 2.24) is 4.90 Å². The fraction of sp³-hybridized carbons (Fsp3) is 0.150. The van der Waals surface area contributed by atoms with Gasteiger partial charge in [0, 0.05) is 16.6 Å². The zero-order valence-corrected chi connectivity index (χ0v) is 17.9. The SMILES string of the molecule is O=C(O)COc1ccc(Br)cc1/C=C1\SC(=S)N(CCc2ccccc2)C1=O. The summed E-state index contributed by atoms with van der Waals surface area (Å²) in [5.74, 6) is -0.837. The summed E-state index contributed by atoms with van der Waals surface area (Å²) in [6, 6.07) is 15.1. The molecule has 1 amide bonds. The second-order valence-electron chi connectivity index (χ2n) is 5.93. The minimum Gasteiger partial charge on any atom is -0.481 e. The largest absolute Gasteiger partial charge is 0.481 e. The molecule has 0 aliphatic carbocycles. The van der Waals surface area contributed by atoms with Crippen LogP contribution in [0.2, 0.25) is 0 Å². The third kappa shape index (κ3) is 5.21. The lowest BCUT2D eigenvalue weighted by molar-refractivity contribution is -0.139. The zero-order valence-electron chi connectivity index (χ0n) is 14.6. The van der Waals surface area contributed by atoms with Crippen molar-refractivity contribution in [2.75, 3.05) is 13.2 Å². The van der Waals surface area contributed by atoms with Crippen molar-refractivity contribution < 1.29 is 19.4 Å². The van der Waals surface area contributed by atoms with Crippen LogP contribution in [-0.2, 0) is 16.0 Å². The number of carbonyl (C=O) groups excluding carboxylic acids is 1. The first-order valence-electron chi connectivity index (χ1n) is 8.37. The molecule has 5 nitrogen and oxygen atoms in total. The topological polar surface area (TPSA) is 66.8 Å². The number of amides is 1. The van der Waals surface area contributed by atoms with Crippen LogP contribution >= 0.6 is 39.9 Å². The minimum absolute atomic E-state index is 0.157. The maximum Gasteiger partial charge on any atom is 0.341 e. The van der Waals surface area contributed by atoms with Crippen LogP contribution in [0.5, 0.6) is 5.75 Å². The normalized spacial score (nSPS) is 15.3. The number of halogens is 1. The van der Waals surface area contributed by atoms with Crippen LogP contribution in [-0.4, -0.2) is 39.4 Å². The van der Waals surface area contributed by atoms with Crippen LogP contribution in [0.4, 0.5) is 0 Å². The number of ether oxygens (including phenoxy) is 1. The molecule has 0 atom stereocenters. The van der Waals surface area contributed by atoms with Crippen molar-refractivity contribution in [3.05, 3.63) is 69.0 Å². The number of carboxylic acids is 1. The fourth-order valence-electron chi connectivity index (χ4n) is 2.62. The molecule has 1 heterocycles. The van der Waals surface area contributed by atoms with Crippen LogP contribution in [0, 0.1) is 0 Å². The molecule has 0 radical (unpaired) electrons. The Morgan fingerprint density at radius 2 is 2.00 bits per heavy atom. The lowest BCUT2D eigenvalue weighted by Crippen LogP contribution is -2.30. The molecule has 0 unspecified atom stereocenters. The molecule has 144 valence electrons. The maximum atomic E-state index is 12.8. The van der Waals surface area contributed by atoms with Gasteiger partial charge in [-0.25, -0.2) is 4.79 Å². The third-order valence-electron chi connectivity index (χ3n) is 3.95. The van der Waals surface area contributed by atoms with E-state index in [4.69, 9.17) is 22.1 Å². The second-order valence-corrected chi connectivity index (χ2v) is 8.52. The lowest BCUT2D eigenvalue weighted by Gasteiger charge is -2.14. The van der Waals surface area contributed by atoms with Gasteiger partial charge in [0.05, 0.1) is 4.91 Å². The molecule has 8 heteroatoms. The van der Waals surface area contributed by atoms with Crippen molar-refractivity contribution in [3.8, 4) is 5.75 Å². The summed E-state index contributed by atoms with van der Waals surface area (Å²) in [5.41, 5.74) is 1.75. The highest BCUT2D eigenvalue weighted by Crippen LogP contribution is 2.35. The molecule has 1 saturated heterocycles. The fourth-order valence-corrected chi connectivity index (χ4v) is 4.30. The summed E-state index contributed by atoms with van der Waals surface area (Å²) in [6.07, 6.45) is 2.40. The van der Waals surface area contributed by atoms with Crippen molar-refractivity contribution in [1.29, 1.82) is 0 Å². The number of rotatable bonds is 7. The molecule has 1 N–H and O–H groups in total. The highest BCUT2D eigenvalue weighted by Gasteiger charge is 2.31. The Morgan fingerprint density at radius 3 is 2.71 bits per heavy atom. The Morgan fingerprint density at radius 1 is 1.25 bits per heavy atom. The standard InChI is InChI=1S/C20H16BrNO4S2/c21-15-6-7-16(26-12-18(23)24)14(10-15)11-17-19(25)22(20(27)28-17)9-8-13-4-2-1-3-5-13/h1-7,10-11H,8-9,12H2,(H,23,24)/b17-11-. The monoisotopic (exact) mass is 477 g/mol. The number of carboxylic acid groups (broad SMARTS) is 1. The zero-order chi connectivity index (χ0) is 20.1. The first-order valence-corrected chi connectivity index (χ1v) is 10.4. The van der Waals surface area contributed by atoms with E-state index < -0.39 is 12.6 Å². The Bertz CT molecular complexity index is 946. The third-order valence-corrected chi connectivity index (χ3v) is 5.82. The Kier molecular flexibility index (Phi) is 6.88. The van der Waals surface area contributed by atoms with Gasteiger partial charge >= 0.3 is 5.97 Å². The Labute approximate surface area is 180 Å². The van der Waals surface area contributed by atoms with Gasteiger partial charge in [-0.2, -0.15) is 0 Å². The summed E-state index contributed by atoms with van der Waals surface area (Å²) in [4.78, 5) is 25.7. The van der Waals surface area contributed by atoms with Crippen LogP contribution in [0.1, 0.15) is 11.1 Å². The number of nitrogens with zero attached hydrogens (tertiary/aromatic N) is 1. The van der Waals surface area contributed by atoms with E-state index in [9.17, 15) is 9.59 Å². The van der Waals surface area contributed by atoms with Gasteiger partial charge in [-0.15, -0.1) is 0 Å². The van der Waals surface area contributed by atoms with E-state index >= 15 is 0 Å². The van der Waals surface area contributed by atoms with E-state index in [0.29, 0.717) is 33.5 Å². The van der Waals surface area contributed by atoms with Crippen LogP contribution in [0.25, 0.3) is 6.08 Å². The number of thiocarbonyl (C=S) groups is 1. The minimum atomic E-state index is -1.07. The maximum absolute atomic E-state index is 12.8. The van der Waals surface area contributed by atoms with Gasteiger partial charge < -0.3 is 9.84 Å². The number of hydrogen-bond acceptors (Lipinski definition) is 5. The first-order chi connectivity index (χ1) is 13.4. The predicted octanol–water partition coefficient (Wildman–Crippen LogP) is 4.36. The van der Waals surface area contributed by atoms with E-state index in [0.717, 1.165) is 10.0 Å². The van der Waals surface area contributed by atoms with Gasteiger partial charge in [0.25, 0.3) is 5.91 Å². The smallest absolute Gasteiger partial charge is 0.341 e. The average Bonchev–Trinajstić information content (AvgIpc) is 2.93. The summed E-state index contributed by atoms with van der Waals surface area (Å²) in [6.45, 7) is 0.0490. The van der Waals surface area contributed by atoms with Gasteiger partial charge in [-0.1, -0.05) is 70.2 Å². The molecule has 1 fully saturated rings. The Balaban J connectivity index is 1.77. The molecule has 0 bridgehead atoms. The van der Waals surface area contributed by atoms with Gasteiger partial charge in [0.2, 0.25) is 0 Å². The molecular weight excluding hydrogens is 462 g/mol. The van der Waals surface area contributed by atoms with E-state index in [1.54, 1.807) is 29.2 Å². The van der Waals surface area contributed by atoms with Crippen LogP contribution in [0.15, 0.2) is 57.9 Å². The summed E-state index contributed by atoms with van der Waals surface area (Å²) in [5, 5.41) is 8.84. The van der Waals surface area contributed by atoms with Crippen LogP contribution in [0.3, 0.4) is 0 Å². The molecule has 0 aromatic heterocycles. The molecule has 3 rings (SSSR count). The van der Waals surface area contributed by atoms with Crippen molar-refractivity contribution >= 4 is 62.2 Å². The average molecular weight is 478 g/mol. The highest BCUT2D eigenvalue weighted by atomic mass is 79.9. The van der Waals surface area contributed by atoms with Crippen molar-refractivity contribution in [3.63, 3.8) is 0 Å². The van der Waals surface area contributed by atoms with Crippen molar-refractivity contribution in [2.24, 2.45) is 0 Å². The number of thioether (sulfide) groups is 1. The van der Waals surface area contributed by atoms with Crippen molar-refractivity contribution in [2.45, 2.75) is 6.42 Å². The van der Waals surface area contributed by atoms with E-state index in [1.807, 2.05) is 30.3 Å². The van der Waals surface area contributed by atoms with Gasteiger partial charge in [-0.05, 0) is 36.3 Å². The van der Waals surface area contributed by atoms with E-state index in [1.165, 1.54) is 11.8 Å². The van der Waals surface area contributed by atoms with Gasteiger partial charge in [0.1, 0.15) is 10.1 Å². The number of carbonyl (C=O) groups is 2. The molecule has 1 aliphatic rings. The molecule has 1 aliphatic heterocycles. The quantitative estimate of drug-likeness (QED) is 0.472. The summed E-state index contributed by atoms with van der Waals surface area (Å²) >= 11 is 10.00. The van der Waals surface area contributed by atoms with Gasteiger partial charge in [-0.3, -0.25) is 9.69 Å². The molecule has 2 aromatic carbocycles. The number of hydrogen-bond donors (Lipinski definition) is 1. The number of benzene rings is 2. The van der Waals surface area contributed by atoms with E-state index in [-0.39, 0.29) is 5.91 Å². The molecule has 28 heavy (non-hydrogen) atoms. The molecular formula is C20H16BrNO4S2. The summed E-state index contributed by atoms with van der Waals surface area (Å²) < 4.78 is 6.63. The molecule has 0 saturated carbocycles. The predicted molar refractivity (Wildman–Crippen MR) is 117 cm³/mol. The number of aliphatic carboxylic acids is 1. The second kappa shape index (κ2) is 9.36. The molecule has 2 aromatic rings. The molecule has 0 spiro atoms. The van der Waals surface area contributed by atoms with Crippen LogP contribution < -0.4 is 4.74 Å². The van der Waals surface area contributed by atoms with Gasteiger partial charge in [0.15, 0.2) is 6.61 Å².